The first-order chi connectivity index (χ1) is 10.3. The second-order valence-corrected chi connectivity index (χ2v) is 8.04. The van der Waals surface area contributed by atoms with E-state index in [1.807, 2.05) is 13.8 Å². The molecule has 0 aromatic carbocycles. The van der Waals surface area contributed by atoms with Crippen LogP contribution in [0, 0.1) is 5.92 Å². The van der Waals surface area contributed by atoms with Crippen LogP contribution in [0.2, 0.25) is 0 Å². The van der Waals surface area contributed by atoms with Gasteiger partial charge in [0.1, 0.15) is 10.3 Å². The van der Waals surface area contributed by atoms with Gasteiger partial charge in [0.25, 0.3) is 0 Å². The first-order valence-corrected chi connectivity index (χ1v) is 8.63. The molecule has 2 rings (SSSR count). The van der Waals surface area contributed by atoms with Gasteiger partial charge in [0.05, 0.1) is 5.25 Å². The molecule has 9 heteroatoms. The molecule has 1 N–H and O–H groups in total. The summed E-state index contributed by atoms with van der Waals surface area (Å²) in [4.78, 5) is 36.3. The molecule has 1 aliphatic rings. The Hall–Kier alpha value is -1.48. The molecule has 1 fully saturated rings. The summed E-state index contributed by atoms with van der Waals surface area (Å²) in [6, 6.07) is 0. The summed E-state index contributed by atoms with van der Waals surface area (Å²) >= 11 is 2.22. The van der Waals surface area contributed by atoms with Crippen LogP contribution >= 0.6 is 23.1 Å². The summed E-state index contributed by atoms with van der Waals surface area (Å²) in [6.45, 7) is 5.60. The minimum atomic E-state index is -1.00. The van der Waals surface area contributed by atoms with E-state index in [-0.39, 0.29) is 17.5 Å². The number of hydrogen-bond acceptors (Lipinski definition) is 7. The third-order valence-corrected chi connectivity index (χ3v) is 5.29. The summed E-state index contributed by atoms with van der Waals surface area (Å²) in [5.41, 5.74) is 0. The Balaban J connectivity index is 2.11. The molecule has 0 aliphatic carbocycles. The number of amides is 2. The fourth-order valence-corrected chi connectivity index (χ4v) is 4.13. The Bertz CT molecular complexity index is 602. The number of hydrogen-bond donors (Lipinski definition) is 1. The highest BCUT2D eigenvalue weighted by molar-refractivity contribution is 8.01. The molecule has 1 aromatic rings. The minimum Gasteiger partial charge on any atom is -0.480 e. The van der Waals surface area contributed by atoms with Crippen molar-refractivity contribution in [3.63, 3.8) is 0 Å². The lowest BCUT2D eigenvalue weighted by Crippen LogP contribution is -2.31. The van der Waals surface area contributed by atoms with Gasteiger partial charge in [0.15, 0.2) is 0 Å². The lowest BCUT2D eigenvalue weighted by molar-refractivity contribution is -0.136. The van der Waals surface area contributed by atoms with Crippen LogP contribution in [-0.2, 0) is 20.8 Å². The molecule has 120 valence electrons. The van der Waals surface area contributed by atoms with Gasteiger partial charge in [0, 0.05) is 12.8 Å². The van der Waals surface area contributed by atoms with E-state index in [1.165, 1.54) is 18.3 Å². The molecule has 1 saturated heterocycles. The molecule has 22 heavy (non-hydrogen) atoms. The van der Waals surface area contributed by atoms with Gasteiger partial charge in [-0.2, -0.15) is 0 Å². The van der Waals surface area contributed by atoms with Crippen molar-refractivity contribution in [2.24, 2.45) is 5.92 Å². The van der Waals surface area contributed by atoms with Crippen LogP contribution in [0.4, 0.5) is 5.13 Å². The predicted molar refractivity (Wildman–Crippen MR) is 84.0 cm³/mol. The van der Waals surface area contributed by atoms with Crippen LogP contribution in [0.1, 0.15) is 32.2 Å². The average Bonchev–Trinajstić information content (AvgIpc) is 2.94. The quantitative estimate of drug-likeness (QED) is 0.782. The van der Waals surface area contributed by atoms with Crippen molar-refractivity contribution in [3.05, 3.63) is 5.01 Å². The largest absolute Gasteiger partial charge is 0.480 e. The minimum absolute atomic E-state index is 0.000212. The highest BCUT2D eigenvalue weighted by Crippen LogP contribution is 2.33. The van der Waals surface area contributed by atoms with E-state index in [0.29, 0.717) is 5.92 Å². The van der Waals surface area contributed by atoms with Crippen molar-refractivity contribution in [2.45, 2.75) is 44.1 Å². The molecule has 0 bridgehead atoms. The summed E-state index contributed by atoms with van der Waals surface area (Å²) in [6.07, 6.45) is 0.738. The molecule has 1 aliphatic heterocycles. The normalized spacial score (nSPS) is 20.0. The summed E-state index contributed by atoms with van der Waals surface area (Å²) < 4.78 is 0. The van der Waals surface area contributed by atoms with Gasteiger partial charge >= 0.3 is 5.97 Å². The first-order valence-electron chi connectivity index (χ1n) is 6.87. The molecule has 2 unspecified atom stereocenters. The van der Waals surface area contributed by atoms with Crippen LogP contribution in [-0.4, -0.2) is 43.6 Å². The lowest BCUT2D eigenvalue weighted by Gasteiger charge is -2.12. The van der Waals surface area contributed by atoms with E-state index in [4.69, 9.17) is 5.11 Å². The zero-order valence-electron chi connectivity index (χ0n) is 12.5. The van der Waals surface area contributed by atoms with E-state index in [2.05, 4.69) is 10.2 Å². The SMILES string of the molecule is CC(C)Cc1nnc(N2C(=O)CC(SC(C)C(=O)O)C2=O)s1. The second-order valence-electron chi connectivity index (χ2n) is 5.45. The van der Waals surface area contributed by atoms with Gasteiger partial charge in [-0.3, -0.25) is 14.4 Å². The number of rotatable bonds is 6. The van der Waals surface area contributed by atoms with Crippen LogP contribution in [0.3, 0.4) is 0 Å². The van der Waals surface area contributed by atoms with Gasteiger partial charge in [-0.15, -0.1) is 22.0 Å². The Kier molecular flexibility index (Phi) is 5.17. The van der Waals surface area contributed by atoms with Gasteiger partial charge in [-0.05, 0) is 12.8 Å². The van der Waals surface area contributed by atoms with Crippen molar-refractivity contribution in [3.8, 4) is 0 Å². The molecular weight excluding hydrogens is 326 g/mol. The number of anilines is 1. The molecule has 1 aromatic heterocycles. The van der Waals surface area contributed by atoms with E-state index >= 15 is 0 Å². The smallest absolute Gasteiger partial charge is 0.316 e. The van der Waals surface area contributed by atoms with E-state index < -0.39 is 22.4 Å². The van der Waals surface area contributed by atoms with Gasteiger partial charge in [-0.1, -0.05) is 25.2 Å². The monoisotopic (exact) mass is 343 g/mol. The summed E-state index contributed by atoms with van der Waals surface area (Å²) in [5.74, 6) is -1.35. The highest BCUT2D eigenvalue weighted by Gasteiger charge is 2.43. The predicted octanol–water partition coefficient (Wildman–Crippen LogP) is 1.57. The zero-order valence-corrected chi connectivity index (χ0v) is 14.1. The molecule has 2 amide bonds. The molecule has 0 saturated carbocycles. The summed E-state index contributed by atoms with van der Waals surface area (Å²) in [5, 5.41) is 16.5. The molecule has 7 nitrogen and oxygen atoms in total. The topological polar surface area (TPSA) is 100 Å². The van der Waals surface area contributed by atoms with Gasteiger partial charge in [-0.25, -0.2) is 4.90 Å². The second kappa shape index (κ2) is 6.74. The van der Waals surface area contributed by atoms with Crippen LogP contribution < -0.4 is 4.90 Å². The van der Waals surface area contributed by atoms with E-state index in [1.54, 1.807) is 0 Å². The maximum Gasteiger partial charge on any atom is 0.316 e. The zero-order chi connectivity index (χ0) is 16.4. The number of carbonyl (C=O) groups excluding carboxylic acids is 2. The number of thioether (sulfide) groups is 1. The molecule has 0 spiro atoms. The molecular formula is C13H17N3O4S2. The number of carboxylic acid groups (broad SMARTS) is 1. The number of aliphatic carboxylic acids is 1. The fourth-order valence-electron chi connectivity index (χ4n) is 1.98. The lowest BCUT2D eigenvalue weighted by atomic mass is 10.1. The Morgan fingerprint density at radius 3 is 2.68 bits per heavy atom. The maximum absolute atomic E-state index is 12.3. The third-order valence-electron chi connectivity index (χ3n) is 3.05. The van der Waals surface area contributed by atoms with Crippen LogP contribution in [0.25, 0.3) is 0 Å². The maximum atomic E-state index is 12.3. The van der Waals surface area contributed by atoms with Crippen molar-refractivity contribution < 1.29 is 19.5 Å². The first kappa shape index (κ1) is 16.9. The van der Waals surface area contributed by atoms with E-state index in [0.717, 1.165) is 28.1 Å². The van der Waals surface area contributed by atoms with Crippen molar-refractivity contribution in [1.82, 2.24) is 10.2 Å². The van der Waals surface area contributed by atoms with Crippen LogP contribution in [0.15, 0.2) is 0 Å². The number of imide groups is 1. The number of aromatic nitrogens is 2. The van der Waals surface area contributed by atoms with E-state index in [9.17, 15) is 14.4 Å². The number of nitrogens with zero attached hydrogens (tertiary/aromatic N) is 3. The Labute approximate surface area is 136 Å². The van der Waals surface area contributed by atoms with Gasteiger partial charge in [0.2, 0.25) is 16.9 Å². The third kappa shape index (κ3) is 3.64. The number of carbonyl (C=O) groups is 3. The van der Waals surface area contributed by atoms with Crippen molar-refractivity contribution >= 4 is 46.0 Å². The standard InChI is InChI=1S/C13H17N3O4S2/c1-6(2)4-9-14-15-13(22-9)16-10(17)5-8(11(16)18)21-7(3)12(19)20/h6-8H,4-5H2,1-3H3,(H,19,20). The average molecular weight is 343 g/mol. The van der Waals surface area contributed by atoms with Gasteiger partial charge < -0.3 is 5.11 Å². The molecule has 0 radical (unpaired) electrons. The fraction of sp³-hybridized carbons (Fsp3) is 0.615. The van der Waals surface area contributed by atoms with Crippen LogP contribution in [0.5, 0.6) is 0 Å². The van der Waals surface area contributed by atoms with Crippen molar-refractivity contribution in [1.29, 1.82) is 0 Å². The Morgan fingerprint density at radius 1 is 1.41 bits per heavy atom. The molecule has 2 heterocycles. The number of carboxylic acids is 1. The summed E-state index contributed by atoms with van der Waals surface area (Å²) in [7, 11) is 0. The van der Waals surface area contributed by atoms with Crippen molar-refractivity contribution in [2.75, 3.05) is 4.90 Å². The Morgan fingerprint density at radius 2 is 2.09 bits per heavy atom. The molecule has 2 atom stereocenters. The highest BCUT2D eigenvalue weighted by atomic mass is 32.2.